The molecule has 0 spiro atoms. The molecule has 0 N–H and O–H groups in total. The highest BCUT2D eigenvalue weighted by molar-refractivity contribution is 6.65. The molecule has 4 aliphatic carbocycles. The van der Waals surface area contributed by atoms with Crippen molar-refractivity contribution in [3.8, 4) is 0 Å². The minimum Gasteiger partial charge on any atom is -0.109 e. The van der Waals surface area contributed by atoms with Gasteiger partial charge in [-0.2, -0.15) is 0 Å². The maximum atomic E-state index is 6.76. The van der Waals surface area contributed by atoms with E-state index in [2.05, 4.69) is 12.2 Å². The van der Waals surface area contributed by atoms with Crippen molar-refractivity contribution >= 4 is 69.6 Å². The third-order valence-electron chi connectivity index (χ3n) is 5.12. The quantitative estimate of drug-likeness (QED) is 0.312. The number of halogens is 6. The van der Waals surface area contributed by atoms with E-state index in [1.165, 1.54) is 0 Å². The fraction of sp³-hybridized carbons (Fsp3) is 0.667. The lowest BCUT2D eigenvalue weighted by Crippen LogP contribution is -2.46. The minimum absolute atomic E-state index is 0.0664. The molecule has 4 rings (SSSR count). The van der Waals surface area contributed by atoms with Crippen molar-refractivity contribution < 1.29 is 0 Å². The van der Waals surface area contributed by atoms with Gasteiger partial charge in [0.2, 0.25) is 0 Å². The summed E-state index contributed by atoms with van der Waals surface area (Å²) in [5.41, 5.74) is 0. The maximum Gasteiger partial charge on any atom is 0.166 e. The molecule has 2 fully saturated rings. The van der Waals surface area contributed by atoms with E-state index >= 15 is 0 Å². The van der Waals surface area contributed by atoms with Gasteiger partial charge in [-0.3, -0.25) is 0 Å². The highest BCUT2D eigenvalue weighted by atomic mass is 35.5. The first-order valence-corrected chi connectivity index (χ1v) is 8.05. The Morgan fingerprint density at radius 2 is 1.22 bits per heavy atom. The standard InChI is InChI=1S/C12H8Cl6/c13-8-9(14)11(16)7-5-2-1-4(3-5)6(7)10(8,15)12(11,17)18/h1-2,4-7H,3H2/t4-,5+,6-,7+,10-,11?/m1/s1. The normalized spacial score (nSPS) is 58.8. The van der Waals surface area contributed by atoms with Gasteiger partial charge in [0, 0.05) is 0 Å². The van der Waals surface area contributed by atoms with Crippen LogP contribution in [0.25, 0.3) is 0 Å². The van der Waals surface area contributed by atoms with Crippen LogP contribution in [-0.4, -0.2) is 14.1 Å². The molecule has 0 aromatic carbocycles. The summed E-state index contributed by atoms with van der Waals surface area (Å²) in [5, 5.41) is 0.654. The van der Waals surface area contributed by atoms with Crippen LogP contribution < -0.4 is 0 Å². The Labute approximate surface area is 135 Å². The molecule has 4 bridgehead atoms. The largest absolute Gasteiger partial charge is 0.166 e. The molecule has 98 valence electrons. The van der Waals surface area contributed by atoms with Crippen molar-refractivity contribution in [2.75, 3.05) is 0 Å². The molecule has 0 amide bonds. The molecular weight excluding hydrogens is 357 g/mol. The number of hydrogen-bond acceptors (Lipinski definition) is 0. The Bertz CT molecular complexity index is 481. The fourth-order valence-electron chi connectivity index (χ4n) is 4.48. The number of alkyl halides is 4. The van der Waals surface area contributed by atoms with Crippen molar-refractivity contribution in [3.63, 3.8) is 0 Å². The summed E-state index contributed by atoms with van der Waals surface area (Å²) < 4.78 is -1.37. The Balaban J connectivity index is 2.03. The average molecular weight is 365 g/mol. The number of fused-ring (bicyclic) bond motifs is 9. The summed E-state index contributed by atoms with van der Waals surface area (Å²) in [6.45, 7) is 0. The molecule has 6 heteroatoms. The van der Waals surface area contributed by atoms with Crippen LogP contribution in [0.4, 0.5) is 0 Å². The number of rotatable bonds is 0. The summed E-state index contributed by atoms with van der Waals surface area (Å²) in [4.78, 5) is -2.13. The lowest BCUT2D eigenvalue weighted by molar-refractivity contribution is 0.305. The van der Waals surface area contributed by atoms with Crippen molar-refractivity contribution in [3.05, 3.63) is 22.2 Å². The first-order valence-electron chi connectivity index (χ1n) is 5.78. The third kappa shape index (κ3) is 0.973. The van der Waals surface area contributed by atoms with Crippen LogP contribution in [0.5, 0.6) is 0 Å². The molecular formula is C12H8Cl6. The Morgan fingerprint density at radius 1 is 0.833 bits per heavy atom. The van der Waals surface area contributed by atoms with Gasteiger partial charge in [0.1, 0.15) is 9.75 Å². The van der Waals surface area contributed by atoms with Crippen LogP contribution in [0.2, 0.25) is 0 Å². The first-order chi connectivity index (χ1) is 8.28. The van der Waals surface area contributed by atoms with Crippen LogP contribution in [-0.2, 0) is 0 Å². The molecule has 6 atom stereocenters. The van der Waals surface area contributed by atoms with Gasteiger partial charge in [0.25, 0.3) is 0 Å². The zero-order valence-electron chi connectivity index (χ0n) is 8.94. The van der Waals surface area contributed by atoms with Gasteiger partial charge in [-0.15, -0.1) is 23.2 Å². The highest BCUT2D eigenvalue weighted by Gasteiger charge is 2.85. The summed E-state index contributed by atoms with van der Waals surface area (Å²) in [6.07, 6.45) is 5.40. The summed E-state index contributed by atoms with van der Waals surface area (Å²) >= 11 is 39.2. The van der Waals surface area contributed by atoms with Crippen LogP contribution in [0.15, 0.2) is 22.2 Å². The van der Waals surface area contributed by atoms with E-state index in [0.717, 1.165) is 6.42 Å². The lowest BCUT2D eigenvalue weighted by atomic mass is 9.75. The summed E-state index contributed by atoms with van der Waals surface area (Å²) in [7, 11) is 0. The van der Waals surface area contributed by atoms with Crippen LogP contribution in [0.1, 0.15) is 6.42 Å². The monoisotopic (exact) mass is 362 g/mol. The average Bonchev–Trinajstić information content (AvgIpc) is 2.97. The van der Waals surface area contributed by atoms with Crippen molar-refractivity contribution in [1.82, 2.24) is 0 Å². The van der Waals surface area contributed by atoms with E-state index in [-0.39, 0.29) is 11.8 Å². The van der Waals surface area contributed by atoms with Gasteiger partial charge in [0.05, 0.1) is 10.1 Å². The van der Waals surface area contributed by atoms with E-state index in [4.69, 9.17) is 69.6 Å². The van der Waals surface area contributed by atoms with Gasteiger partial charge in [0.15, 0.2) is 4.33 Å². The van der Waals surface area contributed by atoms with E-state index in [1.54, 1.807) is 0 Å². The zero-order valence-corrected chi connectivity index (χ0v) is 13.5. The predicted molar refractivity (Wildman–Crippen MR) is 78.1 cm³/mol. The third-order valence-corrected chi connectivity index (χ3v) is 9.42. The molecule has 0 radical (unpaired) electrons. The Morgan fingerprint density at radius 3 is 1.61 bits per heavy atom. The van der Waals surface area contributed by atoms with Gasteiger partial charge in [-0.25, -0.2) is 0 Å². The predicted octanol–water partition coefficient (Wildman–Crippen LogP) is 5.27. The second-order valence-corrected chi connectivity index (χ2v) is 8.90. The van der Waals surface area contributed by atoms with E-state index in [9.17, 15) is 0 Å². The number of allylic oxidation sites excluding steroid dienone is 4. The molecule has 18 heavy (non-hydrogen) atoms. The second kappa shape index (κ2) is 3.34. The van der Waals surface area contributed by atoms with Crippen LogP contribution >= 0.6 is 69.6 Å². The minimum atomic E-state index is -1.37. The molecule has 1 unspecified atom stereocenters. The van der Waals surface area contributed by atoms with Gasteiger partial charge in [-0.1, -0.05) is 58.6 Å². The van der Waals surface area contributed by atoms with E-state index < -0.39 is 14.1 Å². The molecule has 0 aromatic heterocycles. The van der Waals surface area contributed by atoms with Crippen molar-refractivity contribution in [2.24, 2.45) is 23.7 Å². The van der Waals surface area contributed by atoms with Crippen molar-refractivity contribution in [2.45, 2.75) is 20.5 Å². The smallest absolute Gasteiger partial charge is 0.109 e. The Kier molecular flexibility index (Phi) is 2.40. The SMILES string of the molecule is ClC1=C(Cl)[C@]2(Cl)[C@H]3[C@H]([C@H]4C=C[C@@H]3C4)C1(Cl)C2(Cl)Cl. The van der Waals surface area contributed by atoms with Crippen LogP contribution in [0, 0.1) is 23.7 Å². The second-order valence-electron chi connectivity index (χ2n) is 5.63. The molecule has 0 nitrogen and oxygen atoms in total. The summed E-state index contributed by atoms with van der Waals surface area (Å²) in [5.74, 6) is 0.815. The first kappa shape index (κ1) is 12.9. The fourth-order valence-corrected chi connectivity index (χ4v) is 7.61. The molecule has 4 aliphatic rings. The Hall–Kier alpha value is 1.22. The molecule has 0 aromatic rings. The maximum absolute atomic E-state index is 6.76. The molecule has 2 saturated carbocycles. The molecule has 0 heterocycles. The molecule has 0 saturated heterocycles. The number of hydrogen-bond donors (Lipinski definition) is 0. The van der Waals surface area contributed by atoms with Crippen LogP contribution in [0.3, 0.4) is 0 Å². The molecule has 0 aliphatic heterocycles. The van der Waals surface area contributed by atoms with E-state index in [0.29, 0.717) is 21.9 Å². The zero-order chi connectivity index (χ0) is 13.1. The van der Waals surface area contributed by atoms with E-state index in [1.807, 2.05) is 0 Å². The van der Waals surface area contributed by atoms with Gasteiger partial charge >= 0.3 is 0 Å². The van der Waals surface area contributed by atoms with Crippen molar-refractivity contribution in [1.29, 1.82) is 0 Å². The highest BCUT2D eigenvalue weighted by Crippen LogP contribution is 2.81. The topological polar surface area (TPSA) is 0 Å². The van der Waals surface area contributed by atoms with Gasteiger partial charge in [-0.05, 0) is 30.1 Å². The summed E-state index contributed by atoms with van der Waals surface area (Å²) in [6, 6.07) is 0. The lowest BCUT2D eigenvalue weighted by Gasteiger charge is -2.37. The van der Waals surface area contributed by atoms with Gasteiger partial charge < -0.3 is 0 Å².